The minimum Gasteiger partial charge on any atom is -0.497 e. The van der Waals surface area contributed by atoms with Gasteiger partial charge in [-0.3, -0.25) is 14.4 Å². The van der Waals surface area contributed by atoms with Crippen molar-refractivity contribution < 1.29 is 28.6 Å². The van der Waals surface area contributed by atoms with Crippen molar-refractivity contribution in [3.8, 4) is 17.2 Å². The Morgan fingerprint density at radius 3 is 2.54 bits per heavy atom. The highest BCUT2D eigenvalue weighted by molar-refractivity contribution is 6.07. The molecule has 11 nitrogen and oxygen atoms in total. The Bertz CT molecular complexity index is 1340. The van der Waals surface area contributed by atoms with Gasteiger partial charge in [0.15, 0.2) is 23.0 Å². The van der Waals surface area contributed by atoms with Gasteiger partial charge < -0.3 is 29.7 Å². The average Bonchev–Trinajstić information content (AvgIpc) is 3.41. The summed E-state index contributed by atoms with van der Waals surface area (Å²) in [4.78, 5) is 48.7. The smallest absolute Gasteiger partial charge is 0.273 e. The standard InChI is InChI=1S/C26H25N5O6/c1-35-19-4-2-3-17(13-19)26(34)31-11-7-18(8-12-31)29-25(33)22-23(28-10-9-27-22)30-24(32)16-5-6-20-21(14-16)37-15-36-20/h2-6,9-10,13-14,18H,7-8,11-12,15H2,1H3,(H,29,33)(H,28,30,32). The molecule has 2 aliphatic rings. The van der Waals surface area contributed by atoms with E-state index in [2.05, 4.69) is 20.6 Å². The largest absolute Gasteiger partial charge is 0.497 e. The van der Waals surface area contributed by atoms with Crippen LogP contribution in [0.5, 0.6) is 17.2 Å². The molecular weight excluding hydrogens is 478 g/mol. The second-order valence-electron chi connectivity index (χ2n) is 8.55. The predicted molar refractivity (Wildman–Crippen MR) is 132 cm³/mol. The van der Waals surface area contributed by atoms with Gasteiger partial charge in [0.25, 0.3) is 17.7 Å². The second kappa shape index (κ2) is 10.5. The molecule has 2 aromatic carbocycles. The van der Waals surface area contributed by atoms with Crippen LogP contribution >= 0.6 is 0 Å². The number of carbonyl (C=O) groups is 3. The van der Waals surface area contributed by atoms with Gasteiger partial charge in [0.1, 0.15) is 5.75 Å². The van der Waals surface area contributed by atoms with Gasteiger partial charge in [-0.2, -0.15) is 0 Å². The zero-order valence-electron chi connectivity index (χ0n) is 20.1. The summed E-state index contributed by atoms with van der Waals surface area (Å²) in [5.74, 6) is 0.718. The third-order valence-corrected chi connectivity index (χ3v) is 6.21. The summed E-state index contributed by atoms with van der Waals surface area (Å²) < 4.78 is 15.8. The molecule has 3 aromatic rings. The van der Waals surface area contributed by atoms with E-state index in [0.717, 1.165) is 0 Å². The summed E-state index contributed by atoms with van der Waals surface area (Å²) in [5.41, 5.74) is 0.894. The fraction of sp³-hybridized carbons (Fsp3) is 0.269. The lowest BCUT2D eigenvalue weighted by molar-refractivity contribution is 0.0697. The number of fused-ring (bicyclic) bond motifs is 1. The van der Waals surface area contributed by atoms with Gasteiger partial charge in [0.05, 0.1) is 7.11 Å². The summed E-state index contributed by atoms with van der Waals surface area (Å²) in [6.45, 7) is 1.09. The first-order valence-electron chi connectivity index (χ1n) is 11.8. The molecule has 1 aromatic heterocycles. The number of hydrogen-bond donors (Lipinski definition) is 2. The molecule has 0 spiro atoms. The van der Waals surface area contributed by atoms with Crippen LogP contribution in [0.1, 0.15) is 44.0 Å². The van der Waals surface area contributed by atoms with Crippen LogP contribution in [0.4, 0.5) is 5.82 Å². The number of likely N-dealkylation sites (tertiary alicyclic amines) is 1. The van der Waals surface area contributed by atoms with E-state index in [1.54, 1.807) is 54.5 Å². The highest BCUT2D eigenvalue weighted by atomic mass is 16.7. The lowest BCUT2D eigenvalue weighted by Crippen LogP contribution is -2.46. The molecule has 1 saturated heterocycles. The number of piperidine rings is 1. The van der Waals surface area contributed by atoms with Crippen molar-refractivity contribution in [2.45, 2.75) is 18.9 Å². The van der Waals surface area contributed by atoms with Crippen molar-refractivity contribution in [2.75, 3.05) is 32.3 Å². The van der Waals surface area contributed by atoms with Gasteiger partial charge in [-0.05, 0) is 49.2 Å². The quantitative estimate of drug-likeness (QED) is 0.525. The monoisotopic (exact) mass is 503 g/mol. The van der Waals surface area contributed by atoms with E-state index in [4.69, 9.17) is 14.2 Å². The Morgan fingerprint density at radius 1 is 0.946 bits per heavy atom. The van der Waals surface area contributed by atoms with Crippen LogP contribution in [0.25, 0.3) is 0 Å². The maximum absolute atomic E-state index is 13.0. The molecule has 2 N–H and O–H groups in total. The van der Waals surface area contributed by atoms with Gasteiger partial charge in [-0.25, -0.2) is 9.97 Å². The van der Waals surface area contributed by atoms with Crippen LogP contribution in [0.15, 0.2) is 54.9 Å². The van der Waals surface area contributed by atoms with Crippen molar-refractivity contribution in [1.82, 2.24) is 20.2 Å². The maximum atomic E-state index is 13.0. The fourth-order valence-corrected chi connectivity index (χ4v) is 4.23. The van der Waals surface area contributed by atoms with Crippen LogP contribution in [-0.2, 0) is 0 Å². The molecule has 0 saturated carbocycles. The molecule has 3 amide bonds. The number of anilines is 1. The molecular formula is C26H25N5O6. The first-order chi connectivity index (χ1) is 18.0. The van der Waals surface area contributed by atoms with Crippen molar-refractivity contribution >= 4 is 23.5 Å². The van der Waals surface area contributed by atoms with Gasteiger partial charge in [0.2, 0.25) is 6.79 Å². The first kappa shape index (κ1) is 24.0. The van der Waals surface area contributed by atoms with E-state index >= 15 is 0 Å². The zero-order valence-corrected chi connectivity index (χ0v) is 20.1. The number of benzene rings is 2. The molecule has 0 radical (unpaired) electrons. The van der Waals surface area contributed by atoms with Crippen LogP contribution in [0, 0.1) is 0 Å². The van der Waals surface area contributed by atoms with E-state index < -0.39 is 11.8 Å². The minimum atomic E-state index is -0.461. The zero-order chi connectivity index (χ0) is 25.8. The summed E-state index contributed by atoms with van der Waals surface area (Å²) in [6, 6.07) is 11.7. The number of carbonyl (C=O) groups excluding carboxylic acids is 3. The van der Waals surface area contributed by atoms with Gasteiger partial charge in [-0.1, -0.05) is 6.07 Å². The number of aromatic nitrogens is 2. The molecule has 0 bridgehead atoms. The molecule has 190 valence electrons. The number of hydrogen-bond acceptors (Lipinski definition) is 8. The molecule has 3 heterocycles. The fourth-order valence-electron chi connectivity index (χ4n) is 4.23. The summed E-state index contributed by atoms with van der Waals surface area (Å²) in [5, 5.41) is 5.61. The third-order valence-electron chi connectivity index (χ3n) is 6.21. The van der Waals surface area contributed by atoms with E-state index in [1.807, 2.05) is 0 Å². The van der Waals surface area contributed by atoms with E-state index in [0.29, 0.717) is 54.3 Å². The van der Waals surface area contributed by atoms with E-state index in [1.165, 1.54) is 12.4 Å². The maximum Gasteiger partial charge on any atom is 0.273 e. The van der Waals surface area contributed by atoms with Crippen LogP contribution in [0.2, 0.25) is 0 Å². The average molecular weight is 504 g/mol. The van der Waals surface area contributed by atoms with E-state index in [-0.39, 0.29) is 30.3 Å². The minimum absolute atomic E-state index is 0.00600. The molecule has 5 rings (SSSR count). The molecule has 11 heteroatoms. The third kappa shape index (κ3) is 5.30. The number of nitrogens with zero attached hydrogens (tertiary/aromatic N) is 3. The highest BCUT2D eigenvalue weighted by Gasteiger charge is 2.27. The van der Waals surface area contributed by atoms with Crippen molar-refractivity contribution in [1.29, 1.82) is 0 Å². The SMILES string of the molecule is COc1cccc(C(=O)N2CCC(NC(=O)c3nccnc3NC(=O)c3ccc4c(c3)OCO4)CC2)c1. The lowest BCUT2D eigenvalue weighted by atomic mass is 10.0. The van der Waals surface area contributed by atoms with Crippen molar-refractivity contribution in [2.24, 2.45) is 0 Å². The van der Waals surface area contributed by atoms with Crippen LogP contribution < -0.4 is 24.8 Å². The number of methoxy groups -OCH3 is 1. The predicted octanol–water partition coefficient (Wildman–Crippen LogP) is 2.50. The molecule has 37 heavy (non-hydrogen) atoms. The highest BCUT2D eigenvalue weighted by Crippen LogP contribution is 2.32. The molecule has 0 atom stereocenters. The van der Waals surface area contributed by atoms with Crippen molar-refractivity contribution in [3.05, 3.63) is 71.7 Å². The van der Waals surface area contributed by atoms with Crippen molar-refractivity contribution in [3.63, 3.8) is 0 Å². The Balaban J connectivity index is 1.19. The first-order valence-corrected chi connectivity index (χ1v) is 11.8. The lowest BCUT2D eigenvalue weighted by Gasteiger charge is -2.32. The summed E-state index contributed by atoms with van der Waals surface area (Å²) in [6.07, 6.45) is 3.95. The molecule has 0 unspecified atom stereocenters. The van der Waals surface area contributed by atoms with Gasteiger partial charge in [0, 0.05) is 42.7 Å². The second-order valence-corrected chi connectivity index (χ2v) is 8.55. The number of ether oxygens (including phenoxy) is 3. The van der Waals surface area contributed by atoms with E-state index in [9.17, 15) is 14.4 Å². The van der Waals surface area contributed by atoms with Gasteiger partial charge >= 0.3 is 0 Å². The van der Waals surface area contributed by atoms with Crippen LogP contribution in [-0.4, -0.2) is 65.6 Å². The van der Waals surface area contributed by atoms with Crippen LogP contribution in [0.3, 0.4) is 0 Å². The Morgan fingerprint density at radius 2 is 1.73 bits per heavy atom. The topological polar surface area (TPSA) is 132 Å². The van der Waals surface area contributed by atoms with Gasteiger partial charge in [-0.15, -0.1) is 0 Å². The summed E-state index contributed by atoms with van der Waals surface area (Å²) in [7, 11) is 1.56. The summed E-state index contributed by atoms with van der Waals surface area (Å²) >= 11 is 0. The molecule has 2 aliphatic heterocycles. The Labute approximate surface area is 212 Å². The molecule has 1 fully saturated rings. The Kier molecular flexibility index (Phi) is 6.84. The number of rotatable bonds is 6. The normalized spacial score (nSPS) is 14.7. The Hall–Kier alpha value is -4.67. The molecule has 0 aliphatic carbocycles. The number of amides is 3. The number of nitrogens with one attached hydrogen (secondary N) is 2.